The van der Waals surface area contributed by atoms with Crippen LogP contribution >= 0.6 is 0 Å². The van der Waals surface area contributed by atoms with Crippen LogP contribution in [-0.2, 0) is 4.79 Å². The number of anilines is 2. The largest absolute Gasteiger partial charge is 0.479 e. The maximum atomic E-state index is 14.7. The standard InChI is InChI=1S/C21H16F3NO3/c1-25(17-6-3-7-19(21(17)24)28-12-20(26)27)18-11-14(8-9-16(18)23)13-4-2-5-15(22)10-13/h2-11H,12H2,1H3,(H,26,27). The predicted molar refractivity (Wildman–Crippen MR) is 99.4 cm³/mol. The van der Waals surface area contributed by atoms with Gasteiger partial charge in [0.15, 0.2) is 18.2 Å². The van der Waals surface area contributed by atoms with Crippen molar-refractivity contribution in [3.63, 3.8) is 0 Å². The topological polar surface area (TPSA) is 49.8 Å². The van der Waals surface area contributed by atoms with Crippen LogP contribution in [0.2, 0.25) is 0 Å². The zero-order valence-electron chi connectivity index (χ0n) is 14.8. The lowest BCUT2D eigenvalue weighted by molar-refractivity contribution is -0.139. The summed E-state index contributed by atoms with van der Waals surface area (Å²) in [5.74, 6) is -3.34. The lowest BCUT2D eigenvalue weighted by atomic mass is 10.0. The van der Waals surface area contributed by atoms with Gasteiger partial charge in [-0.1, -0.05) is 24.3 Å². The number of benzene rings is 3. The summed E-state index contributed by atoms with van der Waals surface area (Å²) in [6.07, 6.45) is 0. The lowest BCUT2D eigenvalue weighted by Gasteiger charge is -2.22. The highest BCUT2D eigenvalue weighted by Crippen LogP contribution is 2.35. The van der Waals surface area contributed by atoms with E-state index in [0.29, 0.717) is 11.1 Å². The van der Waals surface area contributed by atoms with E-state index in [9.17, 15) is 18.0 Å². The van der Waals surface area contributed by atoms with Crippen LogP contribution in [0.3, 0.4) is 0 Å². The Kier molecular flexibility index (Phi) is 5.54. The van der Waals surface area contributed by atoms with E-state index in [0.717, 1.165) is 0 Å². The maximum Gasteiger partial charge on any atom is 0.341 e. The first-order chi connectivity index (χ1) is 13.4. The average molecular weight is 387 g/mol. The van der Waals surface area contributed by atoms with Gasteiger partial charge < -0.3 is 14.7 Å². The second kappa shape index (κ2) is 8.04. The Morgan fingerprint density at radius 3 is 2.39 bits per heavy atom. The lowest BCUT2D eigenvalue weighted by Crippen LogP contribution is -2.15. The second-order valence-electron chi connectivity index (χ2n) is 6.01. The highest BCUT2D eigenvalue weighted by molar-refractivity contribution is 5.73. The molecule has 7 heteroatoms. The molecule has 0 radical (unpaired) electrons. The van der Waals surface area contributed by atoms with Gasteiger partial charge in [-0.25, -0.2) is 18.0 Å². The summed E-state index contributed by atoms with van der Waals surface area (Å²) < 4.78 is 47.6. The molecule has 0 bridgehead atoms. The Labute approximate surface area is 159 Å². The van der Waals surface area contributed by atoms with E-state index < -0.39 is 30.0 Å². The van der Waals surface area contributed by atoms with Crippen molar-refractivity contribution in [1.29, 1.82) is 0 Å². The summed E-state index contributed by atoms with van der Waals surface area (Å²) >= 11 is 0. The van der Waals surface area contributed by atoms with Crippen LogP contribution in [0, 0.1) is 17.5 Å². The van der Waals surface area contributed by atoms with Gasteiger partial charge in [-0.05, 0) is 47.5 Å². The van der Waals surface area contributed by atoms with Crippen LogP contribution in [0.4, 0.5) is 24.5 Å². The fourth-order valence-electron chi connectivity index (χ4n) is 2.76. The molecule has 144 valence electrons. The van der Waals surface area contributed by atoms with Crippen molar-refractivity contribution in [2.75, 3.05) is 18.6 Å². The molecule has 3 aromatic rings. The van der Waals surface area contributed by atoms with E-state index >= 15 is 0 Å². The van der Waals surface area contributed by atoms with Gasteiger partial charge in [-0.15, -0.1) is 0 Å². The molecule has 3 aromatic carbocycles. The molecule has 0 atom stereocenters. The summed E-state index contributed by atoms with van der Waals surface area (Å²) in [5.41, 5.74) is 1.17. The van der Waals surface area contributed by atoms with E-state index in [1.54, 1.807) is 12.1 Å². The Hall–Kier alpha value is -3.48. The fourth-order valence-corrected chi connectivity index (χ4v) is 2.76. The van der Waals surface area contributed by atoms with Crippen molar-refractivity contribution in [1.82, 2.24) is 0 Å². The fraction of sp³-hybridized carbons (Fsp3) is 0.0952. The van der Waals surface area contributed by atoms with Crippen molar-refractivity contribution in [2.24, 2.45) is 0 Å². The summed E-state index contributed by atoms with van der Waals surface area (Å²) in [5, 5.41) is 8.68. The highest BCUT2D eigenvalue weighted by Gasteiger charge is 2.18. The normalized spacial score (nSPS) is 10.6. The number of nitrogens with zero attached hydrogens (tertiary/aromatic N) is 1. The number of halogens is 3. The molecule has 0 saturated heterocycles. The molecule has 0 aromatic heterocycles. The minimum atomic E-state index is -1.24. The third-order valence-corrected chi connectivity index (χ3v) is 4.12. The van der Waals surface area contributed by atoms with Gasteiger partial charge in [0.1, 0.15) is 11.6 Å². The third-order valence-electron chi connectivity index (χ3n) is 4.12. The van der Waals surface area contributed by atoms with Crippen molar-refractivity contribution in [3.8, 4) is 16.9 Å². The molecule has 0 aliphatic carbocycles. The molecule has 0 saturated carbocycles. The molecule has 0 spiro atoms. The molecular formula is C21H16F3NO3. The van der Waals surface area contributed by atoms with Crippen LogP contribution in [0.25, 0.3) is 11.1 Å². The monoisotopic (exact) mass is 387 g/mol. The Bertz CT molecular complexity index is 1020. The first-order valence-electron chi connectivity index (χ1n) is 8.29. The van der Waals surface area contributed by atoms with Crippen LogP contribution in [-0.4, -0.2) is 24.7 Å². The van der Waals surface area contributed by atoms with Crippen LogP contribution in [0.15, 0.2) is 60.7 Å². The number of hydrogen-bond donors (Lipinski definition) is 1. The maximum absolute atomic E-state index is 14.7. The number of carboxylic acid groups (broad SMARTS) is 1. The van der Waals surface area contributed by atoms with E-state index in [1.165, 1.54) is 60.5 Å². The summed E-state index contributed by atoms with van der Waals surface area (Å²) in [6, 6.07) is 14.2. The number of rotatable bonds is 6. The zero-order chi connectivity index (χ0) is 20.3. The molecule has 0 unspecified atom stereocenters. The summed E-state index contributed by atoms with van der Waals surface area (Å²) in [6.45, 7) is -0.701. The zero-order valence-corrected chi connectivity index (χ0v) is 14.8. The SMILES string of the molecule is CN(c1cc(-c2cccc(F)c2)ccc1F)c1cccc(OCC(=O)O)c1F. The first kappa shape index (κ1) is 19.3. The second-order valence-corrected chi connectivity index (χ2v) is 6.01. The van der Waals surface area contributed by atoms with E-state index in [-0.39, 0.29) is 17.1 Å². The van der Waals surface area contributed by atoms with E-state index in [4.69, 9.17) is 9.84 Å². The molecular weight excluding hydrogens is 371 g/mol. The van der Waals surface area contributed by atoms with Gasteiger partial charge in [0.25, 0.3) is 0 Å². The van der Waals surface area contributed by atoms with E-state index in [2.05, 4.69) is 0 Å². The molecule has 1 N–H and O–H groups in total. The van der Waals surface area contributed by atoms with Gasteiger partial charge in [0, 0.05) is 7.05 Å². The molecule has 28 heavy (non-hydrogen) atoms. The van der Waals surface area contributed by atoms with Crippen molar-refractivity contribution in [2.45, 2.75) is 0 Å². The van der Waals surface area contributed by atoms with Crippen molar-refractivity contribution in [3.05, 3.63) is 78.1 Å². The van der Waals surface area contributed by atoms with E-state index in [1.807, 2.05) is 0 Å². The average Bonchev–Trinajstić information content (AvgIpc) is 2.67. The number of carbonyl (C=O) groups is 1. The first-order valence-corrected chi connectivity index (χ1v) is 8.29. The van der Waals surface area contributed by atoms with Crippen molar-refractivity contribution >= 4 is 17.3 Å². The molecule has 0 aliphatic heterocycles. The third kappa shape index (κ3) is 4.09. The number of aliphatic carboxylic acids is 1. The quantitative estimate of drug-likeness (QED) is 0.647. The van der Waals surface area contributed by atoms with Crippen molar-refractivity contribution < 1.29 is 27.8 Å². The smallest absolute Gasteiger partial charge is 0.341 e. The Balaban J connectivity index is 1.98. The highest BCUT2D eigenvalue weighted by atomic mass is 19.1. The minimum absolute atomic E-state index is 0.00168. The molecule has 0 aliphatic rings. The van der Waals surface area contributed by atoms with Gasteiger partial charge in [0.05, 0.1) is 11.4 Å². The number of carboxylic acids is 1. The summed E-state index contributed by atoms with van der Waals surface area (Å²) in [4.78, 5) is 11.9. The Morgan fingerprint density at radius 2 is 1.68 bits per heavy atom. The minimum Gasteiger partial charge on any atom is -0.479 e. The summed E-state index contributed by atoms with van der Waals surface area (Å²) in [7, 11) is 1.47. The van der Waals surface area contributed by atoms with Crippen LogP contribution in [0.1, 0.15) is 0 Å². The predicted octanol–water partition coefficient (Wildman–Crippen LogP) is 5.00. The van der Waals surface area contributed by atoms with Crippen LogP contribution < -0.4 is 9.64 Å². The molecule has 3 rings (SSSR count). The van der Waals surface area contributed by atoms with Crippen LogP contribution in [0.5, 0.6) is 5.75 Å². The molecule has 0 amide bonds. The number of ether oxygens (including phenoxy) is 1. The van der Waals surface area contributed by atoms with Gasteiger partial charge in [-0.3, -0.25) is 0 Å². The molecule has 0 fully saturated rings. The molecule has 4 nitrogen and oxygen atoms in total. The number of hydrogen-bond acceptors (Lipinski definition) is 3. The Morgan fingerprint density at radius 1 is 0.964 bits per heavy atom. The van der Waals surface area contributed by atoms with Gasteiger partial charge >= 0.3 is 5.97 Å². The van der Waals surface area contributed by atoms with Gasteiger partial charge in [0.2, 0.25) is 0 Å². The van der Waals surface area contributed by atoms with Gasteiger partial charge in [-0.2, -0.15) is 0 Å². The molecule has 0 heterocycles.